The third-order valence-electron chi connectivity index (χ3n) is 2.64. The summed E-state index contributed by atoms with van der Waals surface area (Å²) in [5.74, 6) is 0.0758. The topological polar surface area (TPSA) is 93.7 Å². The number of nitriles is 2. The van der Waals surface area contributed by atoms with E-state index in [-0.39, 0.29) is 11.6 Å². The third kappa shape index (κ3) is 2.60. The van der Waals surface area contributed by atoms with Crippen molar-refractivity contribution in [1.29, 1.82) is 10.5 Å². The van der Waals surface area contributed by atoms with E-state index < -0.39 is 0 Å². The molecule has 0 aromatic carbocycles. The van der Waals surface area contributed by atoms with Gasteiger partial charge in [0.25, 0.3) is 5.91 Å². The third-order valence-corrected chi connectivity index (χ3v) is 2.64. The van der Waals surface area contributed by atoms with Gasteiger partial charge in [-0.15, -0.1) is 0 Å². The van der Waals surface area contributed by atoms with Crippen molar-refractivity contribution in [2.75, 3.05) is 11.9 Å². The fourth-order valence-corrected chi connectivity index (χ4v) is 1.51. The van der Waals surface area contributed by atoms with Gasteiger partial charge in [0, 0.05) is 19.4 Å². The summed E-state index contributed by atoms with van der Waals surface area (Å²) in [6.07, 6.45) is 2.73. The van der Waals surface area contributed by atoms with Crippen LogP contribution in [0, 0.1) is 22.7 Å². The van der Waals surface area contributed by atoms with Crippen LogP contribution in [0.1, 0.15) is 21.6 Å². The summed E-state index contributed by atoms with van der Waals surface area (Å²) in [7, 11) is 1.57. The van der Waals surface area contributed by atoms with Gasteiger partial charge in [0.2, 0.25) is 0 Å². The molecule has 0 aliphatic rings. The molecule has 2 aromatic heterocycles. The highest BCUT2D eigenvalue weighted by Crippen LogP contribution is 2.12. The average Bonchev–Trinajstić information content (AvgIpc) is 2.53. The predicted molar refractivity (Wildman–Crippen MR) is 70.6 cm³/mol. The Morgan fingerprint density at radius 3 is 2.10 bits per heavy atom. The van der Waals surface area contributed by atoms with Crippen molar-refractivity contribution in [1.82, 2.24) is 9.97 Å². The van der Waals surface area contributed by atoms with E-state index >= 15 is 0 Å². The molecule has 96 valence electrons. The minimum atomic E-state index is -0.341. The summed E-state index contributed by atoms with van der Waals surface area (Å²) in [4.78, 5) is 21.5. The molecule has 2 rings (SSSR count). The average molecular weight is 263 g/mol. The van der Waals surface area contributed by atoms with E-state index in [9.17, 15) is 4.79 Å². The van der Waals surface area contributed by atoms with Gasteiger partial charge in [0.05, 0.1) is 11.1 Å². The van der Waals surface area contributed by atoms with Gasteiger partial charge in [-0.05, 0) is 24.3 Å². The molecule has 0 unspecified atom stereocenters. The van der Waals surface area contributed by atoms with Crippen molar-refractivity contribution in [2.24, 2.45) is 0 Å². The maximum Gasteiger partial charge on any atom is 0.277 e. The molecule has 0 atom stereocenters. The van der Waals surface area contributed by atoms with E-state index in [1.165, 1.54) is 29.4 Å². The zero-order chi connectivity index (χ0) is 14.5. The Labute approximate surface area is 115 Å². The largest absolute Gasteiger partial charge is 0.294 e. The summed E-state index contributed by atoms with van der Waals surface area (Å²) in [5, 5.41) is 17.4. The van der Waals surface area contributed by atoms with Crippen LogP contribution >= 0.6 is 0 Å². The SMILES string of the molecule is CN(C(=O)c1ccc(C#N)cn1)c1ccc(C#N)cn1. The lowest BCUT2D eigenvalue weighted by atomic mass is 10.2. The van der Waals surface area contributed by atoms with Crippen LogP contribution in [0.4, 0.5) is 5.82 Å². The fraction of sp³-hybridized carbons (Fsp3) is 0.0714. The number of hydrogen-bond acceptors (Lipinski definition) is 5. The molecule has 0 spiro atoms. The lowest BCUT2D eigenvalue weighted by molar-refractivity contribution is 0.0987. The van der Waals surface area contributed by atoms with Gasteiger partial charge in [0.1, 0.15) is 23.7 Å². The quantitative estimate of drug-likeness (QED) is 0.818. The van der Waals surface area contributed by atoms with Crippen molar-refractivity contribution in [3.63, 3.8) is 0 Å². The maximum atomic E-state index is 12.2. The standard InChI is InChI=1S/C14H9N5O/c1-19(13-5-3-11(7-16)9-18-13)14(20)12-4-2-10(6-15)8-17-12/h2-5,8-9H,1H3. The molecule has 0 saturated carbocycles. The first-order valence-electron chi connectivity index (χ1n) is 5.66. The molecule has 2 heterocycles. The molecular weight excluding hydrogens is 254 g/mol. The lowest BCUT2D eigenvalue weighted by Gasteiger charge is -2.15. The summed E-state index contributed by atoms with van der Waals surface area (Å²) >= 11 is 0. The lowest BCUT2D eigenvalue weighted by Crippen LogP contribution is -2.27. The molecule has 0 aliphatic heterocycles. The highest BCUT2D eigenvalue weighted by atomic mass is 16.2. The van der Waals surface area contributed by atoms with Crippen molar-refractivity contribution in [3.05, 3.63) is 53.5 Å². The van der Waals surface area contributed by atoms with E-state index in [2.05, 4.69) is 9.97 Å². The second-order valence-corrected chi connectivity index (χ2v) is 3.92. The van der Waals surface area contributed by atoms with E-state index in [0.717, 1.165) is 0 Å². The number of hydrogen-bond donors (Lipinski definition) is 0. The molecule has 20 heavy (non-hydrogen) atoms. The van der Waals surface area contributed by atoms with E-state index in [4.69, 9.17) is 10.5 Å². The van der Waals surface area contributed by atoms with Crippen molar-refractivity contribution < 1.29 is 4.79 Å². The molecule has 0 aliphatic carbocycles. The van der Waals surface area contributed by atoms with Crippen LogP contribution in [0.25, 0.3) is 0 Å². The Hall–Kier alpha value is -3.25. The molecule has 0 bridgehead atoms. The second kappa shape index (κ2) is 5.59. The number of aromatic nitrogens is 2. The van der Waals surface area contributed by atoms with Crippen LogP contribution in [0.3, 0.4) is 0 Å². The highest BCUT2D eigenvalue weighted by Gasteiger charge is 2.15. The normalized spacial score (nSPS) is 9.35. The molecule has 6 nitrogen and oxygen atoms in total. The van der Waals surface area contributed by atoms with Gasteiger partial charge in [-0.3, -0.25) is 9.69 Å². The Morgan fingerprint density at radius 1 is 1.05 bits per heavy atom. The minimum absolute atomic E-state index is 0.220. The van der Waals surface area contributed by atoms with Crippen LogP contribution in [0.15, 0.2) is 36.7 Å². The molecule has 0 saturated heterocycles. The van der Waals surface area contributed by atoms with Crippen LogP contribution in [-0.2, 0) is 0 Å². The number of pyridine rings is 2. The molecular formula is C14H9N5O. The summed E-state index contributed by atoms with van der Waals surface area (Å²) < 4.78 is 0. The number of amides is 1. The first-order chi connectivity index (χ1) is 9.65. The second-order valence-electron chi connectivity index (χ2n) is 3.92. The van der Waals surface area contributed by atoms with E-state index in [1.807, 2.05) is 12.1 Å². The Balaban J connectivity index is 2.23. The highest BCUT2D eigenvalue weighted by molar-refractivity contribution is 6.03. The molecule has 0 N–H and O–H groups in total. The fourth-order valence-electron chi connectivity index (χ4n) is 1.51. The number of nitrogens with zero attached hydrogens (tertiary/aromatic N) is 5. The first kappa shape index (κ1) is 13.2. The zero-order valence-electron chi connectivity index (χ0n) is 10.6. The van der Waals surface area contributed by atoms with Crippen molar-refractivity contribution in [3.8, 4) is 12.1 Å². The Bertz CT molecular complexity index is 707. The van der Waals surface area contributed by atoms with Crippen LogP contribution in [0.5, 0.6) is 0 Å². The molecule has 2 aromatic rings. The summed E-state index contributed by atoms with van der Waals surface area (Å²) in [5.41, 5.74) is 1.03. The number of carbonyl (C=O) groups is 1. The molecule has 6 heteroatoms. The molecule has 0 radical (unpaired) electrons. The zero-order valence-corrected chi connectivity index (χ0v) is 10.6. The first-order valence-corrected chi connectivity index (χ1v) is 5.66. The Morgan fingerprint density at radius 2 is 1.65 bits per heavy atom. The monoisotopic (exact) mass is 263 g/mol. The smallest absolute Gasteiger partial charge is 0.277 e. The van der Waals surface area contributed by atoms with Gasteiger partial charge < -0.3 is 0 Å². The minimum Gasteiger partial charge on any atom is -0.294 e. The van der Waals surface area contributed by atoms with Gasteiger partial charge in [-0.1, -0.05) is 0 Å². The van der Waals surface area contributed by atoms with E-state index in [0.29, 0.717) is 16.9 Å². The Kier molecular flexibility index (Phi) is 3.69. The van der Waals surface area contributed by atoms with Gasteiger partial charge >= 0.3 is 0 Å². The van der Waals surface area contributed by atoms with Crippen molar-refractivity contribution in [2.45, 2.75) is 0 Å². The van der Waals surface area contributed by atoms with Gasteiger partial charge in [-0.25, -0.2) is 9.97 Å². The number of carbonyl (C=O) groups excluding carboxylic acids is 1. The van der Waals surface area contributed by atoms with Gasteiger partial charge in [0.15, 0.2) is 0 Å². The van der Waals surface area contributed by atoms with Crippen LogP contribution in [-0.4, -0.2) is 22.9 Å². The summed E-state index contributed by atoms with van der Waals surface area (Å²) in [6, 6.07) is 10.1. The summed E-state index contributed by atoms with van der Waals surface area (Å²) in [6.45, 7) is 0. The van der Waals surface area contributed by atoms with Gasteiger partial charge in [-0.2, -0.15) is 10.5 Å². The van der Waals surface area contributed by atoms with Crippen LogP contribution < -0.4 is 4.90 Å². The molecule has 1 amide bonds. The number of rotatable bonds is 2. The predicted octanol–water partition coefficient (Wildman–Crippen LogP) is 1.50. The molecule has 0 fully saturated rings. The van der Waals surface area contributed by atoms with Crippen molar-refractivity contribution >= 4 is 11.7 Å². The van der Waals surface area contributed by atoms with E-state index in [1.54, 1.807) is 19.2 Å². The van der Waals surface area contributed by atoms with Crippen LogP contribution in [0.2, 0.25) is 0 Å². The maximum absolute atomic E-state index is 12.2. The number of anilines is 1.